The maximum Gasteiger partial charge on any atom is 0.453 e. The molecular weight excluding hydrogens is 385 g/mol. The first-order chi connectivity index (χ1) is 13.4. The quantitative estimate of drug-likeness (QED) is 0.811. The van der Waals surface area contributed by atoms with Crippen LogP contribution >= 0.6 is 0 Å². The molecule has 1 N–H and O–H groups in total. The molecule has 3 heterocycles. The van der Waals surface area contributed by atoms with Gasteiger partial charge in [0.25, 0.3) is 11.6 Å². The van der Waals surface area contributed by atoms with Crippen molar-refractivity contribution in [3.8, 4) is 0 Å². The Morgan fingerprint density at radius 3 is 2.31 bits per heavy atom. The summed E-state index contributed by atoms with van der Waals surface area (Å²) in [6.07, 6.45) is -2.95. The number of rotatable bonds is 5. The summed E-state index contributed by atoms with van der Waals surface area (Å²) in [4.78, 5) is 12.1. The van der Waals surface area contributed by atoms with Gasteiger partial charge in [0.15, 0.2) is 0 Å². The van der Waals surface area contributed by atoms with Gasteiger partial charge in [0.2, 0.25) is 0 Å². The van der Waals surface area contributed by atoms with E-state index in [4.69, 9.17) is 0 Å². The highest BCUT2D eigenvalue weighted by atomic mass is 19.4. The molecule has 0 bridgehead atoms. The molecule has 2 atom stereocenters. The van der Waals surface area contributed by atoms with Crippen LogP contribution in [0.15, 0.2) is 6.07 Å². The van der Waals surface area contributed by atoms with Crippen molar-refractivity contribution < 1.29 is 18.3 Å². The number of halogens is 3. The van der Waals surface area contributed by atoms with Gasteiger partial charge in [-0.3, -0.25) is 4.90 Å². The van der Waals surface area contributed by atoms with Crippen LogP contribution in [0.2, 0.25) is 0 Å². The Morgan fingerprint density at radius 1 is 1.10 bits per heavy atom. The van der Waals surface area contributed by atoms with Gasteiger partial charge in [-0.1, -0.05) is 13.8 Å². The molecule has 0 radical (unpaired) electrons. The Morgan fingerprint density at radius 2 is 1.76 bits per heavy atom. The lowest BCUT2D eigenvalue weighted by Gasteiger charge is -2.48. The van der Waals surface area contributed by atoms with E-state index in [0.717, 1.165) is 12.8 Å². The highest BCUT2D eigenvalue weighted by molar-refractivity contribution is 5.49. The van der Waals surface area contributed by atoms with Gasteiger partial charge < -0.3 is 10.0 Å². The van der Waals surface area contributed by atoms with E-state index >= 15 is 0 Å². The molecule has 0 amide bonds. The molecule has 0 unspecified atom stereocenters. The smallest absolute Gasteiger partial charge is 0.389 e. The first kappa shape index (κ1) is 21.8. The third-order valence-electron chi connectivity index (χ3n) is 5.31. The molecule has 29 heavy (non-hydrogen) atoms. The molecule has 10 heteroatoms. The zero-order chi connectivity index (χ0) is 21.6. The molecule has 1 saturated heterocycles. The van der Waals surface area contributed by atoms with E-state index in [9.17, 15) is 18.3 Å². The lowest BCUT2D eigenvalue weighted by atomic mass is 9.99. The summed E-state index contributed by atoms with van der Waals surface area (Å²) in [5.74, 6) is -0.657. The summed E-state index contributed by atoms with van der Waals surface area (Å²) in [5.41, 5.74) is -0.225. The van der Waals surface area contributed by atoms with E-state index in [1.807, 2.05) is 0 Å². The molecule has 0 aromatic carbocycles. The molecule has 1 fully saturated rings. The van der Waals surface area contributed by atoms with Crippen molar-refractivity contribution in [1.82, 2.24) is 24.5 Å². The second-order valence-corrected chi connectivity index (χ2v) is 8.42. The fourth-order valence-corrected chi connectivity index (χ4v) is 4.01. The van der Waals surface area contributed by atoms with Gasteiger partial charge in [-0.2, -0.15) is 22.7 Å². The van der Waals surface area contributed by atoms with E-state index in [0.29, 0.717) is 31.1 Å². The maximum absolute atomic E-state index is 13.2. The molecule has 1 aliphatic rings. The van der Waals surface area contributed by atoms with Crippen molar-refractivity contribution in [3.05, 3.63) is 17.6 Å². The van der Waals surface area contributed by atoms with Gasteiger partial charge in [0.1, 0.15) is 5.82 Å². The minimum absolute atomic E-state index is 0.0471. The fraction of sp³-hybridized carbons (Fsp3) is 0.737. The minimum atomic E-state index is -4.62. The highest BCUT2D eigenvalue weighted by Gasteiger charge is 2.39. The van der Waals surface area contributed by atoms with Gasteiger partial charge in [-0.15, -0.1) is 5.10 Å². The van der Waals surface area contributed by atoms with Crippen LogP contribution < -0.4 is 4.90 Å². The van der Waals surface area contributed by atoms with E-state index in [1.54, 1.807) is 26.8 Å². The highest BCUT2D eigenvalue weighted by Crippen LogP contribution is 2.30. The zero-order valence-electron chi connectivity index (χ0n) is 17.5. The van der Waals surface area contributed by atoms with E-state index < -0.39 is 17.6 Å². The zero-order valence-corrected chi connectivity index (χ0v) is 17.5. The number of hydrogen-bond acceptors (Lipinski definition) is 6. The molecule has 1 aliphatic heterocycles. The molecule has 7 nitrogen and oxygen atoms in total. The van der Waals surface area contributed by atoms with E-state index in [-0.39, 0.29) is 17.9 Å². The van der Waals surface area contributed by atoms with Crippen molar-refractivity contribution in [2.75, 3.05) is 24.5 Å². The van der Waals surface area contributed by atoms with Crippen molar-refractivity contribution in [2.45, 2.75) is 71.3 Å². The minimum Gasteiger partial charge on any atom is -0.389 e. The number of anilines is 1. The predicted molar refractivity (Wildman–Crippen MR) is 104 cm³/mol. The molecule has 162 valence electrons. The monoisotopic (exact) mass is 414 g/mol. The van der Waals surface area contributed by atoms with E-state index in [1.165, 1.54) is 4.52 Å². The number of fused-ring (bicyclic) bond motifs is 1. The number of nitrogens with zero attached hydrogens (tertiary/aromatic N) is 6. The summed E-state index contributed by atoms with van der Waals surface area (Å²) < 4.78 is 40.7. The number of hydrogen-bond donors (Lipinski definition) is 1. The standard InChI is InChI=1S/C19H29F3N6O/c1-6-13-10-27(14(7-2)9-26(13)11-18(4,5)29)15-8-12(3)23-17-24-16(19(20,21)22)25-28(15)17/h8,13-14,29H,6-7,9-11H2,1-5H3/t13-,14-/m1/s1. The van der Waals surface area contributed by atoms with Crippen molar-refractivity contribution in [3.63, 3.8) is 0 Å². The Bertz CT molecular complexity index is 860. The first-order valence-corrected chi connectivity index (χ1v) is 9.97. The predicted octanol–water partition coefficient (Wildman–Crippen LogP) is 2.90. The fourth-order valence-electron chi connectivity index (χ4n) is 4.01. The molecular formula is C19H29F3N6O. The summed E-state index contributed by atoms with van der Waals surface area (Å²) in [7, 11) is 0. The maximum atomic E-state index is 13.2. The second kappa shape index (κ2) is 7.71. The van der Waals surface area contributed by atoms with Gasteiger partial charge in [-0.05, 0) is 33.6 Å². The van der Waals surface area contributed by atoms with Crippen LogP contribution in [-0.2, 0) is 6.18 Å². The van der Waals surface area contributed by atoms with Gasteiger partial charge in [0, 0.05) is 43.5 Å². The summed E-state index contributed by atoms with van der Waals surface area (Å²) in [5, 5.41) is 14.0. The number of alkyl halides is 3. The van der Waals surface area contributed by atoms with Crippen molar-refractivity contribution >= 4 is 11.6 Å². The number of β-amino-alcohol motifs (C(OH)–C–C–N with tert-alkyl or cyclic N) is 1. The summed E-state index contributed by atoms with van der Waals surface area (Å²) in [6, 6.07) is 2.00. The number of piperazine rings is 1. The average molecular weight is 414 g/mol. The summed E-state index contributed by atoms with van der Waals surface area (Å²) >= 11 is 0. The van der Waals surface area contributed by atoms with Crippen molar-refractivity contribution in [2.24, 2.45) is 0 Å². The average Bonchev–Trinajstić information content (AvgIpc) is 3.03. The van der Waals surface area contributed by atoms with Crippen LogP contribution in [0.1, 0.15) is 52.1 Å². The van der Waals surface area contributed by atoms with Gasteiger partial charge >= 0.3 is 6.18 Å². The van der Waals surface area contributed by atoms with Crippen molar-refractivity contribution in [1.29, 1.82) is 0 Å². The number of aliphatic hydroxyl groups is 1. The summed E-state index contributed by atoms with van der Waals surface area (Å²) in [6.45, 7) is 11.3. The van der Waals surface area contributed by atoms with Crippen LogP contribution in [0, 0.1) is 6.92 Å². The third-order valence-corrected chi connectivity index (χ3v) is 5.31. The molecule has 2 aromatic heterocycles. The second-order valence-electron chi connectivity index (χ2n) is 8.42. The molecule has 3 rings (SSSR count). The van der Waals surface area contributed by atoms with Crippen LogP contribution in [0.4, 0.5) is 19.0 Å². The van der Waals surface area contributed by atoms with Gasteiger partial charge in [-0.25, -0.2) is 4.98 Å². The molecule has 0 aliphatic carbocycles. The largest absolute Gasteiger partial charge is 0.453 e. The van der Waals surface area contributed by atoms with Gasteiger partial charge in [0.05, 0.1) is 5.60 Å². The lowest BCUT2D eigenvalue weighted by molar-refractivity contribution is -0.144. The normalized spacial score (nSPS) is 21.9. The molecule has 2 aromatic rings. The molecule has 0 saturated carbocycles. The number of aromatic nitrogens is 4. The van der Waals surface area contributed by atoms with Crippen LogP contribution in [0.25, 0.3) is 5.78 Å². The molecule has 0 spiro atoms. The van der Waals surface area contributed by atoms with Crippen LogP contribution in [-0.4, -0.2) is 66.9 Å². The Balaban J connectivity index is 2.02. The topological polar surface area (TPSA) is 69.8 Å². The Labute approximate surface area is 168 Å². The Hall–Kier alpha value is -1.94. The SMILES string of the molecule is CC[C@@H]1CN(c2cc(C)nc3nc(C(F)(F)F)nn23)[C@H](CC)CN1CC(C)(C)O. The third kappa shape index (κ3) is 4.63. The van der Waals surface area contributed by atoms with Crippen LogP contribution in [0.5, 0.6) is 0 Å². The van der Waals surface area contributed by atoms with E-state index in [2.05, 4.69) is 38.7 Å². The Kier molecular flexibility index (Phi) is 5.79. The number of aryl methyl sites for hydroxylation is 1. The first-order valence-electron chi connectivity index (χ1n) is 9.97. The lowest BCUT2D eigenvalue weighted by Crippen LogP contribution is -2.60. The van der Waals surface area contributed by atoms with Crippen LogP contribution in [0.3, 0.4) is 0 Å².